The molecule has 0 unspecified atom stereocenters. The molecule has 2 rings (SSSR count). The van der Waals surface area contributed by atoms with Gasteiger partial charge in [0.25, 0.3) is 0 Å². The Balaban J connectivity index is 1.70. The Morgan fingerprint density at radius 2 is 1.95 bits per heavy atom. The Morgan fingerprint density at radius 3 is 2.52 bits per heavy atom. The predicted octanol–water partition coefficient (Wildman–Crippen LogP) is 3.59. The Hall–Kier alpha value is -1.38. The molecule has 1 heterocycles. The van der Waals surface area contributed by atoms with E-state index in [0.29, 0.717) is 12.0 Å². The van der Waals surface area contributed by atoms with E-state index in [1.165, 1.54) is 12.8 Å². The van der Waals surface area contributed by atoms with Crippen LogP contribution in [-0.4, -0.2) is 17.4 Å². The minimum Gasteiger partial charge on any atom is -0.355 e. The van der Waals surface area contributed by atoms with E-state index in [1.54, 1.807) is 6.20 Å². The second-order valence-corrected chi connectivity index (χ2v) is 7.28. The normalized spacial score (nSPS) is 22.8. The molecule has 1 aliphatic rings. The van der Waals surface area contributed by atoms with Gasteiger partial charge in [0.2, 0.25) is 5.91 Å². The minimum atomic E-state index is 0.215. The average Bonchev–Trinajstić information content (AvgIpc) is 2.47. The molecule has 1 aromatic rings. The van der Waals surface area contributed by atoms with Crippen LogP contribution in [-0.2, 0) is 11.2 Å². The third-order valence-corrected chi connectivity index (χ3v) is 4.73. The van der Waals surface area contributed by atoms with Crippen LogP contribution in [0.25, 0.3) is 0 Å². The molecule has 1 N–H and O–H groups in total. The summed E-state index contributed by atoms with van der Waals surface area (Å²) in [4.78, 5) is 16.5. The largest absolute Gasteiger partial charge is 0.355 e. The minimum absolute atomic E-state index is 0.215. The fraction of sp³-hybridized carbons (Fsp3) is 0.667. The van der Waals surface area contributed by atoms with Crippen LogP contribution in [0.5, 0.6) is 0 Å². The lowest BCUT2D eigenvalue weighted by Crippen LogP contribution is -2.36. The van der Waals surface area contributed by atoms with E-state index >= 15 is 0 Å². The van der Waals surface area contributed by atoms with Crippen molar-refractivity contribution in [3.05, 3.63) is 30.1 Å². The molecular formula is C18H28N2O. The van der Waals surface area contributed by atoms with Gasteiger partial charge in [0, 0.05) is 30.8 Å². The monoisotopic (exact) mass is 288 g/mol. The first-order valence-electron chi connectivity index (χ1n) is 8.14. The maximum Gasteiger partial charge on any atom is 0.223 e. The molecule has 1 aliphatic carbocycles. The summed E-state index contributed by atoms with van der Waals surface area (Å²) in [5, 5.41) is 3.08. The number of nitrogens with one attached hydrogen (secondary N) is 1. The van der Waals surface area contributed by atoms with E-state index in [4.69, 9.17) is 0 Å². The van der Waals surface area contributed by atoms with Gasteiger partial charge in [-0.1, -0.05) is 26.8 Å². The molecule has 1 saturated carbocycles. The van der Waals surface area contributed by atoms with Crippen molar-refractivity contribution in [2.24, 2.45) is 17.3 Å². The van der Waals surface area contributed by atoms with E-state index in [9.17, 15) is 4.79 Å². The summed E-state index contributed by atoms with van der Waals surface area (Å²) in [5.74, 6) is 1.21. The SMILES string of the molecule is CC(C)(C)C1CCC(C(=O)NCCc2ccccn2)CC1. The number of nitrogens with zero attached hydrogens (tertiary/aromatic N) is 1. The fourth-order valence-corrected chi connectivity index (χ4v) is 3.23. The van der Waals surface area contributed by atoms with Crippen LogP contribution in [0.1, 0.15) is 52.1 Å². The van der Waals surface area contributed by atoms with Crippen molar-refractivity contribution in [2.75, 3.05) is 6.54 Å². The lowest BCUT2D eigenvalue weighted by molar-refractivity contribution is -0.126. The molecule has 1 fully saturated rings. The number of carbonyl (C=O) groups excluding carboxylic acids is 1. The summed E-state index contributed by atoms with van der Waals surface area (Å²) < 4.78 is 0. The van der Waals surface area contributed by atoms with E-state index in [2.05, 4.69) is 31.1 Å². The highest BCUT2D eigenvalue weighted by molar-refractivity contribution is 5.78. The number of carbonyl (C=O) groups is 1. The second-order valence-electron chi connectivity index (χ2n) is 7.28. The van der Waals surface area contributed by atoms with Gasteiger partial charge in [-0.25, -0.2) is 0 Å². The number of hydrogen-bond donors (Lipinski definition) is 1. The molecule has 3 heteroatoms. The van der Waals surface area contributed by atoms with Crippen LogP contribution >= 0.6 is 0 Å². The summed E-state index contributed by atoms with van der Waals surface area (Å²) in [6, 6.07) is 5.90. The van der Waals surface area contributed by atoms with Crippen molar-refractivity contribution in [1.82, 2.24) is 10.3 Å². The van der Waals surface area contributed by atoms with Crippen LogP contribution in [0.3, 0.4) is 0 Å². The molecule has 0 bridgehead atoms. The zero-order valence-electron chi connectivity index (χ0n) is 13.6. The van der Waals surface area contributed by atoms with Gasteiger partial charge in [0.05, 0.1) is 0 Å². The first kappa shape index (κ1) is 16.0. The van der Waals surface area contributed by atoms with Crippen LogP contribution < -0.4 is 5.32 Å². The van der Waals surface area contributed by atoms with Crippen molar-refractivity contribution < 1.29 is 4.79 Å². The lowest BCUT2D eigenvalue weighted by atomic mass is 9.69. The van der Waals surface area contributed by atoms with Gasteiger partial charge >= 0.3 is 0 Å². The van der Waals surface area contributed by atoms with Crippen LogP contribution in [0.15, 0.2) is 24.4 Å². The number of amides is 1. The molecule has 1 amide bonds. The highest BCUT2D eigenvalue weighted by Gasteiger charge is 2.32. The summed E-state index contributed by atoms with van der Waals surface area (Å²) in [5.41, 5.74) is 1.41. The van der Waals surface area contributed by atoms with Gasteiger partial charge in [-0.2, -0.15) is 0 Å². The Bertz CT molecular complexity index is 442. The van der Waals surface area contributed by atoms with Crippen molar-refractivity contribution in [2.45, 2.75) is 52.9 Å². The van der Waals surface area contributed by atoms with Crippen molar-refractivity contribution in [3.63, 3.8) is 0 Å². The number of rotatable bonds is 4. The zero-order chi connectivity index (χ0) is 15.3. The summed E-state index contributed by atoms with van der Waals surface area (Å²) in [6.07, 6.45) is 7.05. The van der Waals surface area contributed by atoms with E-state index in [1.807, 2.05) is 18.2 Å². The molecule has 0 spiro atoms. The van der Waals surface area contributed by atoms with E-state index < -0.39 is 0 Å². The fourth-order valence-electron chi connectivity index (χ4n) is 3.23. The molecule has 116 valence electrons. The highest BCUT2D eigenvalue weighted by atomic mass is 16.1. The third kappa shape index (κ3) is 4.83. The lowest BCUT2D eigenvalue weighted by Gasteiger charge is -2.36. The highest BCUT2D eigenvalue weighted by Crippen LogP contribution is 2.39. The quantitative estimate of drug-likeness (QED) is 0.920. The number of aromatic nitrogens is 1. The van der Waals surface area contributed by atoms with Gasteiger partial charge in [-0.05, 0) is 49.1 Å². The first-order chi connectivity index (χ1) is 9.97. The number of pyridine rings is 1. The van der Waals surface area contributed by atoms with Crippen molar-refractivity contribution in [1.29, 1.82) is 0 Å². The third-order valence-electron chi connectivity index (χ3n) is 4.73. The predicted molar refractivity (Wildman–Crippen MR) is 85.9 cm³/mol. The standard InChI is InChI=1S/C18H28N2O/c1-18(2,3)15-9-7-14(8-10-15)17(21)20-13-11-16-6-4-5-12-19-16/h4-6,12,14-15H,7-11,13H2,1-3H3,(H,20,21). The Labute approximate surface area is 128 Å². The van der Waals surface area contributed by atoms with Gasteiger partial charge in [0.15, 0.2) is 0 Å². The summed E-state index contributed by atoms with van der Waals surface area (Å²) >= 11 is 0. The molecule has 3 nitrogen and oxygen atoms in total. The zero-order valence-corrected chi connectivity index (χ0v) is 13.6. The van der Waals surface area contributed by atoms with E-state index in [0.717, 1.165) is 30.9 Å². The van der Waals surface area contributed by atoms with Crippen LogP contribution in [0.2, 0.25) is 0 Å². The molecule has 21 heavy (non-hydrogen) atoms. The Kier molecular flexibility index (Phi) is 5.38. The molecule has 0 saturated heterocycles. The average molecular weight is 288 g/mol. The van der Waals surface area contributed by atoms with Crippen LogP contribution in [0, 0.1) is 17.3 Å². The maximum absolute atomic E-state index is 12.2. The number of hydrogen-bond acceptors (Lipinski definition) is 2. The van der Waals surface area contributed by atoms with Crippen molar-refractivity contribution in [3.8, 4) is 0 Å². The van der Waals surface area contributed by atoms with Gasteiger partial charge in [0.1, 0.15) is 0 Å². The molecule has 0 atom stereocenters. The molecule has 0 aromatic carbocycles. The topological polar surface area (TPSA) is 42.0 Å². The molecule has 1 aromatic heterocycles. The smallest absolute Gasteiger partial charge is 0.223 e. The van der Waals surface area contributed by atoms with E-state index in [-0.39, 0.29) is 11.8 Å². The van der Waals surface area contributed by atoms with Gasteiger partial charge in [-0.15, -0.1) is 0 Å². The van der Waals surface area contributed by atoms with Crippen LogP contribution in [0.4, 0.5) is 0 Å². The van der Waals surface area contributed by atoms with Crippen molar-refractivity contribution >= 4 is 5.91 Å². The molecule has 0 radical (unpaired) electrons. The Morgan fingerprint density at radius 1 is 1.24 bits per heavy atom. The van der Waals surface area contributed by atoms with Gasteiger partial charge < -0.3 is 5.32 Å². The van der Waals surface area contributed by atoms with Gasteiger partial charge in [-0.3, -0.25) is 9.78 Å². The summed E-state index contributed by atoms with van der Waals surface area (Å²) in [6.45, 7) is 7.62. The maximum atomic E-state index is 12.2. The molecule has 0 aliphatic heterocycles. The first-order valence-corrected chi connectivity index (χ1v) is 8.14. The molecular weight excluding hydrogens is 260 g/mol. The second kappa shape index (κ2) is 7.06. The summed E-state index contributed by atoms with van der Waals surface area (Å²) in [7, 11) is 0.